The molecule has 0 fully saturated rings. The van der Waals surface area contributed by atoms with Gasteiger partial charge in [0.25, 0.3) is 0 Å². The zero-order valence-electron chi connectivity index (χ0n) is 22.4. The van der Waals surface area contributed by atoms with E-state index < -0.39 is 35.8 Å². The first-order valence-electron chi connectivity index (χ1n) is 14.0. The first-order chi connectivity index (χ1) is 17.3. The minimum atomic E-state index is -1.28. The van der Waals surface area contributed by atoms with Crippen molar-refractivity contribution >= 4 is 23.8 Å². The highest BCUT2D eigenvalue weighted by Gasteiger charge is 2.34. The third kappa shape index (κ3) is 16.6. The Bertz CT molecular complexity index is 629. The second-order valence-corrected chi connectivity index (χ2v) is 9.77. The Balaban J connectivity index is 4.54. The van der Waals surface area contributed by atoms with Crippen molar-refractivity contribution in [3.8, 4) is 0 Å². The predicted molar refractivity (Wildman–Crippen MR) is 141 cm³/mol. The van der Waals surface area contributed by atoms with Gasteiger partial charge in [-0.25, -0.2) is 4.79 Å². The third-order valence-electron chi connectivity index (χ3n) is 6.55. The number of carbonyl (C=O) groups excluding carboxylic acids is 2. The second kappa shape index (κ2) is 22.2. The van der Waals surface area contributed by atoms with E-state index in [1.165, 1.54) is 57.8 Å². The average molecular weight is 514 g/mol. The van der Waals surface area contributed by atoms with Crippen LogP contribution in [0.25, 0.3) is 0 Å². The molecule has 0 aromatic rings. The standard InChI is InChI=1S/C27H51N3O6/c1-2-3-4-5-6-7-8-9-10-11-12-13-14-18-24(31)30(23(27(35)36)17-15-16-21-28)25(32)20-19-22(29)26(33)34/h22-23H,2-21,28-29H2,1H3,(H,33,34)(H,35,36)/t22-,23-/m0/s1. The van der Waals surface area contributed by atoms with Gasteiger partial charge in [-0.2, -0.15) is 0 Å². The topological polar surface area (TPSA) is 164 Å². The third-order valence-corrected chi connectivity index (χ3v) is 6.55. The monoisotopic (exact) mass is 513 g/mol. The predicted octanol–water partition coefficient (Wildman–Crippen LogP) is 4.60. The van der Waals surface area contributed by atoms with Crippen LogP contribution in [0.2, 0.25) is 0 Å². The number of hydrogen-bond donors (Lipinski definition) is 4. The molecule has 0 saturated heterocycles. The summed E-state index contributed by atoms with van der Waals surface area (Å²) in [4.78, 5) is 49.4. The molecule has 0 aliphatic heterocycles. The highest BCUT2D eigenvalue weighted by molar-refractivity contribution is 5.99. The summed E-state index contributed by atoms with van der Waals surface area (Å²) in [6.45, 7) is 2.62. The van der Waals surface area contributed by atoms with Gasteiger partial charge in [-0.15, -0.1) is 0 Å². The van der Waals surface area contributed by atoms with Crippen LogP contribution in [0.4, 0.5) is 0 Å². The summed E-state index contributed by atoms with van der Waals surface area (Å²) < 4.78 is 0. The number of carboxylic acid groups (broad SMARTS) is 2. The summed E-state index contributed by atoms with van der Waals surface area (Å²) >= 11 is 0. The largest absolute Gasteiger partial charge is 0.480 e. The van der Waals surface area contributed by atoms with Gasteiger partial charge in [-0.05, 0) is 38.6 Å². The molecule has 2 amide bonds. The van der Waals surface area contributed by atoms with Crippen LogP contribution in [0.3, 0.4) is 0 Å². The molecule has 0 heterocycles. The van der Waals surface area contributed by atoms with Crippen molar-refractivity contribution in [2.24, 2.45) is 11.5 Å². The van der Waals surface area contributed by atoms with Crippen molar-refractivity contribution in [3.05, 3.63) is 0 Å². The minimum absolute atomic E-state index is 0.0924. The van der Waals surface area contributed by atoms with Gasteiger partial charge in [0.15, 0.2) is 0 Å². The zero-order valence-corrected chi connectivity index (χ0v) is 22.4. The van der Waals surface area contributed by atoms with Gasteiger partial charge >= 0.3 is 11.9 Å². The molecule has 0 bridgehead atoms. The number of unbranched alkanes of at least 4 members (excludes halogenated alkanes) is 13. The first-order valence-corrected chi connectivity index (χ1v) is 14.0. The van der Waals surface area contributed by atoms with E-state index in [1.54, 1.807) is 0 Å². The Hall–Kier alpha value is -2.00. The normalized spacial score (nSPS) is 12.8. The second-order valence-electron chi connectivity index (χ2n) is 9.77. The molecule has 6 N–H and O–H groups in total. The molecule has 0 rings (SSSR count). The van der Waals surface area contributed by atoms with Gasteiger partial charge in [-0.3, -0.25) is 19.3 Å². The van der Waals surface area contributed by atoms with E-state index in [2.05, 4.69) is 6.92 Å². The number of hydrogen-bond acceptors (Lipinski definition) is 6. The van der Waals surface area contributed by atoms with Gasteiger partial charge in [0.05, 0.1) is 0 Å². The molecule has 9 nitrogen and oxygen atoms in total. The van der Waals surface area contributed by atoms with Crippen molar-refractivity contribution < 1.29 is 29.4 Å². The SMILES string of the molecule is CCCCCCCCCCCCCCCC(=O)N(C(=O)CC[C@H](N)C(=O)O)[C@@H](CCCCN)C(=O)O. The summed E-state index contributed by atoms with van der Waals surface area (Å²) in [5.74, 6) is -3.70. The Kier molecular flexibility index (Phi) is 21.0. The molecule has 0 spiro atoms. The highest BCUT2D eigenvalue weighted by atomic mass is 16.4. The van der Waals surface area contributed by atoms with Crippen LogP contribution in [0, 0.1) is 0 Å². The van der Waals surface area contributed by atoms with Crippen LogP contribution in [0.15, 0.2) is 0 Å². The lowest BCUT2D eigenvalue weighted by atomic mass is 10.0. The van der Waals surface area contributed by atoms with Crippen molar-refractivity contribution in [3.63, 3.8) is 0 Å². The molecule has 0 aliphatic carbocycles. The van der Waals surface area contributed by atoms with E-state index in [0.717, 1.165) is 24.2 Å². The molecule has 36 heavy (non-hydrogen) atoms. The van der Waals surface area contributed by atoms with Gasteiger partial charge in [0.2, 0.25) is 11.8 Å². The van der Waals surface area contributed by atoms with Gasteiger partial charge in [0, 0.05) is 12.8 Å². The van der Waals surface area contributed by atoms with E-state index in [1.807, 2.05) is 0 Å². The fourth-order valence-electron chi connectivity index (χ4n) is 4.27. The maximum atomic E-state index is 12.9. The summed E-state index contributed by atoms with van der Waals surface area (Å²) in [6.07, 6.45) is 16.0. The quantitative estimate of drug-likeness (QED) is 0.136. The number of aliphatic carboxylic acids is 2. The summed E-state index contributed by atoms with van der Waals surface area (Å²) in [5, 5.41) is 18.6. The summed E-state index contributed by atoms with van der Waals surface area (Å²) in [5.41, 5.74) is 11.0. The lowest BCUT2D eigenvalue weighted by Gasteiger charge is -2.28. The lowest BCUT2D eigenvalue weighted by molar-refractivity contribution is -0.158. The van der Waals surface area contributed by atoms with Crippen LogP contribution in [-0.4, -0.2) is 57.5 Å². The molecule has 0 aromatic heterocycles. The summed E-state index contributed by atoms with van der Waals surface area (Å²) in [6, 6.07) is -2.52. The van der Waals surface area contributed by atoms with Crippen molar-refractivity contribution in [1.29, 1.82) is 0 Å². The molecular weight excluding hydrogens is 462 g/mol. The number of nitrogens with two attached hydrogens (primary N) is 2. The Morgan fingerprint density at radius 2 is 1.11 bits per heavy atom. The van der Waals surface area contributed by atoms with Crippen LogP contribution in [0.5, 0.6) is 0 Å². The van der Waals surface area contributed by atoms with Crippen LogP contribution in [0.1, 0.15) is 129 Å². The van der Waals surface area contributed by atoms with Gasteiger partial charge < -0.3 is 21.7 Å². The van der Waals surface area contributed by atoms with Gasteiger partial charge in [0.1, 0.15) is 12.1 Å². The zero-order chi connectivity index (χ0) is 27.2. The maximum absolute atomic E-state index is 12.9. The van der Waals surface area contributed by atoms with Crippen molar-refractivity contribution in [2.45, 2.75) is 141 Å². The number of rotatable bonds is 24. The van der Waals surface area contributed by atoms with E-state index >= 15 is 0 Å². The van der Waals surface area contributed by atoms with Gasteiger partial charge in [-0.1, -0.05) is 84.0 Å². The smallest absolute Gasteiger partial charge is 0.326 e. The molecule has 9 heteroatoms. The Morgan fingerprint density at radius 3 is 1.56 bits per heavy atom. The lowest BCUT2D eigenvalue weighted by Crippen LogP contribution is -2.49. The molecule has 2 atom stereocenters. The molecule has 0 aliphatic rings. The molecule has 0 radical (unpaired) electrons. The minimum Gasteiger partial charge on any atom is -0.480 e. The Morgan fingerprint density at radius 1 is 0.639 bits per heavy atom. The Labute approximate surface area is 217 Å². The maximum Gasteiger partial charge on any atom is 0.326 e. The number of amides is 2. The number of carbonyl (C=O) groups is 4. The van der Waals surface area contributed by atoms with E-state index in [0.29, 0.717) is 25.8 Å². The summed E-state index contributed by atoms with van der Waals surface area (Å²) in [7, 11) is 0. The van der Waals surface area contributed by atoms with Crippen LogP contribution in [-0.2, 0) is 19.2 Å². The van der Waals surface area contributed by atoms with E-state index in [4.69, 9.17) is 16.6 Å². The van der Waals surface area contributed by atoms with E-state index in [-0.39, 0.29) is 25.7 Å². The average Bonchev–Trinajstić information content (AvgIpc) is 2.84. The first kappa shape index (κ1) is 34.0. The van der Waals surface area contributed by atoms with Crippen molar-refractivity contribution in [1.82, 2.24) is 4.90 Å². The number of imide groups is 1. The van der Waals surface area contributed by atoms with E-state index in [9.17, 15) is 24.3 Å². The molecule has 0 unspecified atom stereocenters. The molecule has 0 saturated carbocycles. The van der Waals surface area contributed by atoms with Crippen LogP contribution >= 0.6 is 0 Å². The fourth-order valence-corrected chi connectivity index (χ4v) is 4.27. The highest BCUT2D eigenvalue weighted by Crippen LogP contribution is 2.17. The van der Waals surface area contributed by atoms with Crippen LogP contribution < -0.4 is 11.5 Å². The number of nitrogens with zero attached hydrogens (tertiary/aromatic N) is 1. The fraction of sp³-hybridized carbons (Fsp3) is 0.852. The van der Waals surface area contributed by atoms with Crippen molar-refractivity contribution in [2.75, 3.05) is 6.54 Å². The molecule has 210 valence electrons. The number of carboxylic acids is 2. The molecular formula is C27H51N3O6. The molecule has 0 aromatic carbocycles.